The summed E-state index contributed by atoms with van der Waals surface area (Å²) in [5.41, 5.74) is 3.04. The lowest BCUT2D eigenvalue weighted by Crippen LogP contribution is -2.54. The third kappa shape index (κ3) is 4.40. The number of ether oxygens (including phenoxy) is 2. The van der Waals surface area contributed by atoms with Crippen LogP contribution in [0.1, 0.15) is 23.9 Å². The molecule has 1 N–H and O–H groups in total. The van der Waals surface area contributed by atoms with Crippen LogP contribution in [0.3, 0.4) is 0 Å². The second-order valence-electron chi connectivity index (χ2n) is 7.84. The molecule has 4 rings (SSSR count). The molecule has 0 bridgehead atoms. The maximum atomic E-state index is 13.4. The van der Waals surface area contributed by atoms with Crippen molar-refractivity contribution in [2.24, 2.45) is 0 Å². The van der Waals surface area contributed by atoms with Crippen molar-refractivity contribution in [3.63, 3.8) is 0 Å². The number of carbonyl (C=O) groups is 3. The molecule has 1 fully saturated rings. The van der Waals surface area contributed by atoms with Crippen molar-refractivity contribution in [3.8, 4) is 17.2 Å². The van der Waals surface area contributed by atoms with Crippen LogP contribution in [0.25, 0.3) is 11.8 Å². The molecule has 35 heavy (non-hydrogen) atoms. The monoisotopic (exact) mass is 493 g/mol. The molecule has 0 radical (unpaired) electrons. The highest BCUT2D eigenvalue weighted by molar-refractivity contribution is 6.39. The number of rotatable bonds is 6. The number of amides is 4. The molecule has 4 amide bonds. The minimum atomic E-state index is -0.835. The van der Waals surface area contributed by atoms with Gasteiger partial charge in [-0.3, -0.25) is 14.9 Å². The number of urea groups is 1. The molecule has 0 aliphatic carbocycles. The Hall–Kier alpha value is -4.04. The normalized spacial score (nSPS) is 14.9. The molecule has 0 atom stereocenters. The first kappa shape index (κ1) is 24.1. The number of aryl methyl sites for hydroxylation is 1. The van der Waals surface area contributed by atoms with E-state index in [0.717, 1.165) is 22.0 Å². The number of barbiturate groups is 1. The van der Waals surface area contributed by atoms with E-state index in [9.17, 15) is 14.4 Å². The maximum absolute atomic E-state index is 13.4. The van der Waals surface area contributed by atoms with Gasteiger partial charge in [0.25, 0.3) is 11.8 Å². The number of carbonyl (C=O) groups excluding carboxylic acids is 3. The van der Waals surface area contributed by atoms with E-state index in [4.69, 9.17) is 21.1 Å². The molecule has 0 unspecified atom stereocenters. The summed E-state index contributed by atoms with van der Waals surface area (Å²) >= 11 is 6.23. The molecule has 3 aromatic rings. The number of hydrogen-bond donors (Lipinski definition) is 1. The molecule has 2 heterocycles. The lowest BCUT2D eigenvalue weighted by molar-refractivity contribution is -0.122. The van der Waals surface area contributed by atoms with Gasteiger partial charge in [0, 0.05) is 16.4 Å². The average Bonchev–Trinajstić information content (AvgIpc) is 3.10. The van der Waals surface area contributed by atoms with Crippen molar-refractivity contribution in [1.29, 1.82) is 0 Å². The first-order chi connectivity index (χ1) is 16.8. The van der Waals surface area contributed by atoms with Crippen molar-refractivity contribution in [1.82, 2.24) is 9.88 Å². The Morgan fingerprint density at radius 1 is 1.00 bits per heavy atom. The van der Waals surface area contributed by atoms with Gasteiger partial charge in [-0.15, -0.1) is 0 Å². The molecule has 1 aliphatic heterocycles. The Morgan fingerprint density at radius 3 is 2.46 bits per heavy atom. The zero-order valence-electron chi connectivity index (χ0n) is 19.7. The summed E-state index contributed by atoms with van der Waals surface area (Å²) in [6.07, 6.45) is 1.48. The van der Waals surface area contributed by atoms with E-state index in [-0.39, 0.29) is 11.3 Å². The van der Waals surface area contributed by atoms with Crippen LogP contribution in [0, 0.1) is 13.8 Å². The van der Waals surface area contributed by atoms with Gasteiger partial charge in [-0.25, -0.2) is 9.69 Å². The molecule has 1 aromatic heterocycles. The minimum Gasteiger partial charge on any atom is -0.495 e. The van der Waals surface area contributed by atoms with Crippen molar-refractivity contribution < 1.29 is 23.9 Å². The summed E-state index contributed by atoms with van der Waals surface area (Å²) in [4.78, 5) is 39.7. The summed E-state index contributed by atoms with van der Waals surface area (Å²) in [5, 5.41) is 2.79. The molecular weight excluding hydrogens is 470 g/mol. The first-order valence-corrected chi connectivity index (χ1v) is 11.3. The number of hydrogen-bond acceptors (Lipinski definition) is 5. The molecule has 0 saturated carbocycles. The third-order valence-electron chi connectivity index (χ3n) is 5.66. The number of methoxy groups -OCH3 is 1. The number of imide groups is 2. The fraction of sp³-hybridized carbons (Fsp3) is 0.192. The average molecular weight is 494 g/mol. The fourth-order valence-corrected chi connectivity index (χ4v) is 4.26. The van der Waals surface area contributed by atoms with Gasteiger partial charge in [0.2, 0.25) is 0 Å². The molecule has 0 spiro atoms. The van der Waals surface area contributed by atoms with E-state index in [1.807, 2.05) is 24.5 Å². The topological polar surface area (TPSA) is 89.9 Å². The standard InChI is InChI=1S/C26H24ClN3O5/c1-5-35-23-9-7-6-8-20(23)30-25(32)19(24(31)28-26(30)33)13-17-12-15(2)29(16(17)3)21-14-18(27)10-11-22(21)34-4/h6-14H,5H2,1-4H3,(H,28,31,33)/b19-13+. The quantitative estimate of drug-likeness (QED) is 0.392. The van der Waals surface area contributed by atoms with Crippen LogP contribution in [0.4, 0.5) is 10.5 Å². The number of anilines is 1. The third-order valence-corrected chi connectivity index (χ3v) is 5.89. The number of benzene rings is 2. The van der Waals surface area contributed by atoms with Crippen molar-refractivity contribution in [3.05, 3.63) is 76.1 Å². The number of aromatic nitrogens is 1. The molecule has 9 heteroatoms. The van der Waals surface area contributed by atoms with Gasteiger partial charge in [-0.1, -0.05) is 23.7 Å². The van der Waals surface area contributed by atoms with Crippen LogP contribution in [0.5, 0.6) is 11.5 Å². The van der Waals surface area contributed by atoms with Crippen LogP contribution < -0.4 is 19.7 Å². The van der Waals surface area contributed by atoms with Crippen molar-refractivity contribution in [2.45, 2.75) is 20.8 Å². The zero-order chi connectivity index (χ0) is 25.3. The van der Waals surface area contributed by atoms with E-state index < -0.39 is 17.8 Å². The number of nitrogens with zero attached hydrogens (tertiary/aromatic N) is 2. The van der Waals surface area contributed by atoms with Gasteiger partial charge >= 0.3 is 6.03 Å². The first-order valence-electron chi connectivity index (χ1n) is 10.9. The Bertz CT molecular complexity index is 1380. The van der Waals surface area contributed by atoms with Crippen LogP contribution in [0.2, 0.25) is 5.02 Å². The summed E-state index contributed by atoms with van der Waals surface area (Å²) in [6.45, 7) is 5.90. The van der Waals surface area contributed by atoms with Gasteiger partial charge < -0.3 is 14.0 Å². The molecule has 2 aromatic carbocycles. The SMILES string of the molecule is CCOc1ccccc1N1C(=O)NC(=O)/C(=C\c2cc(C)n(-c3cc(Cl)ccc3OC)c2C)C1=O. The smallest absolute Gasteiger partial charge is 0.336 e. The second-order valence-corrected chi connectivity index (χ2v) is 8.27. The van der Waals surface area contributed by atoms with Gasteiger partial charge in [0.05, 0.1) is 25.1 Å². The highest BCUT2D eigenvalue weighted by atomic mass is 35.5. The molecule has 8 nitrogen and oxygen atoms in total. The number of halogens is 1. The lowest BCUT2D eigenvalue weighted by Gasteiger charge is -2.27. The van der Waals surface area contributed by atoms with E-state index >= 15 is 0 Å². The van der Waals surface area contributed by atoms with E-state index in [1.165, 1.54) is 6.08 Å². The van der Waals surface area contributed by atoms with Gasteiger partial charge in [0.15, 0.2) is 0 Å². The summed E-state index contributed by atoms with van der Waals surface area (Å²) in [5.74, 6) is -0.532. The summed E-state index contributed by atoms with van der Waals surface area (Å²) < 4.78 is 13.0. The lowest BCUT2D eigenvalue weighted by atomic mass is 10.1. The van der Waals surface area contributed by atoms with Crippen LogP contribution in [-0.2, 0) is 9.59 Å². The van der Waals surface area contributed by atoms with E-state index in [0.29, 0.717) is 28.7 Å². The number of nitrogens with one attached hydrogen (secondary N) is 1. The molecular formula is C26H24ClN3O5. The molecule has 1 saturated heterocycles. The highest BCUT2D eigenvalue weighted by Crippen LogP contribution is 2.33. The Morgan fingerprint density at radius 2 is 1.74 bits per heavy atom. The van der Waals surface area contributed by atoms with E-state index in [2.05, 4.69) is 5.32 Å². The summed E-state index contributed by atoms with van der Waals surface area (Å²) in [6, 6.07) is 13.0. The number of para-hydroxylation sites is 2. The predicted molar refractivity (Wildman–Crippen MR) is 133 cm³/mol. The van der Waals surface area contributed by atoms with Crippen molar-refractivity contribution >= 4 is 41.2 Å². The minimum absolute atomic E-state index is 0.172. The Balaban J connectivity index is 1.80. The van der Waals surface area contributed by atoms with Crippen LogP contribution >= 0.6 is 11.6 Å². The highest BCUT2D eigenvalue weighted by Gasteiger charge is 2.38. The van der Waals surface area contributed by atoms with Gasteiger partial charge in [-0.2, -0.15) is 0 Å². The maximum Gasteiger partial charge on any atom is 0.336 e. The van der Waals surface area contributed by atoms with Gasteiger partial charge in [0.1, 0.15) is 17.1 Å². The molecule has 1 aliphatic rings. The summed E-state index contributed by atoms with van der Waals surface area (Å²) in [7, 11) is 1.57. The Labute approximate surface area is 207 Å². The van der Waals surface area contributed by atoms with Crippen LogP contribution in [0.15, 0.2) is 54.1 Å². The second kappa shape index (κ2) is 9.68. The Kier molecular flexibility index (Phi) is 6.66. The van der Waals surface area contributed by atoms with Crippen molar-refractivity contribution in [2.75, 3.05) is 18.6 Å². The van der Waals surface area contributed by atoms with Crippen LogP contribution in [-0.4, -0.2) is 36.1 Å². The predicted octanol–water partition coefficient (Wildman–Crippen LogP) is 4.82. The van der Waals surface area contributed by atoms with E-state index in [1.54, 1.807) is 56.5 Å². The molecule has 180 valence electrons. The largest absolute Gasteiger partial charge is 0.495 e. The fourth-order valence-electron chi connectivity index (χ4n) is 4.09. The zero-order valence-corrected chi connectivity index (χ0v) is 20.5. The van der Waals surface area contributed by atoms with Gasteiger partial charge in [-0.05, 0) is 68.8 Å².